The Balaban J connectivity index is 1.62. The SMILES string of the molecule is CCOC(=O)c1c(-c2ccco2)csc1NC(=O)Cn1c(C)nc2ccccc21. The highest BCUT2D eigenvalue weighted by Gasteiger charge is 2.24. The molecule has 29 heavy (non-hydrogen) atoms. The minimum Gasteiger partial charge on any atom is -0.464 e. The molecule has 0 saturated heterocycles. The quantitative estimate of drug-likeness (QED) is 0.475. The lowest BCUT2D eigenvalue weighted by molar-refractivity contribution is -0.116. The van der Waals surface area contributed by atoms with E-state index in [1.165, 1.54) is 17.6 Å². The molecular weight excluding hydrogens is 390 g/mol. The van der Waals surface area contributed by atoms with E-state index in [2.05, 4.69) is 10.3 Å². The number of ether oxygens (including phenoxy) is 1. The number of amides is 1. The van der Waals surface area contributed by atoms with Crippen molar-refractivity contribution in [2.24, 2.45) is 0 Å². The molecule has 3 heterocycles. The number of fused-ring (bicyclic) bond motifs is 1. The molecule has 4 aromatic rings. The molecule has 148 valence electrons. The Morgan fingerprint density at radius 2 is 2.07 bits per heavy atom. The fourth-order valence-electron chi connectivity index (χ4n) is 3.17. The Bertz CT molecular complexity index is 1170. The Morgan fingerprint density at radius 1 is 1.24 bits per heavy atom. The molecule has 0 radical (unpaired) electrons. The fraction of sp³-hybridized carbons (Fsp3) is 0.190. The number of nitrogens with one attached hydrogen (secondary N) is 1. The predicted octanol–water partition coefficient (Wildman–Crippen LogP) is 4.48. The summed E-state index contributed by atoms with van der Waals surface area (Å²) in [6, 6.07) is 11.2. The molecule has 0 bridgehead atoms. The van der Waals surface area contributed by atoms with Crippen molar-refractivity contribution in [3.8, 4) is 11.3 Å². The van der Waals surface area contributed by atoms with Crippen LogP contribution in [0.3, 0.4) is 0 Å². The molecule has 3 aromatic heterocycles. The number of hydrogen-bond donors (Lipinski definition) is 1. The zero-order valence-electron chi connectivity index (χ0n) is 16.0. The summed E-state index contributed by atoms with van der Waals surface area (Å²) >= 11 is 1.26. The zero-order chi connectivity index (χ0) is 20.4. The lowest BCUT2D eigenvalue weighted by atomic mass is 10.1. The molecule has 1 aromatic carbocycles. The molecule has 8 heteroatoms. The zero-order valence-corrected chi connectivity index (χ0v) is 16.8. The van der Waals surface area contributed by atoms with Crippen LogP contribution in [-0.2, 0) is 16.1 Å². The van der Waals surface area contributed by atoms with Crippen LogP contribution in [0, 0.1) is 6.92 Å². The van der Waals surface area contributed by atoms with Crippen LogP contribution in [0.15, 0.2) is 52.5 Å². The minimum atomic E-state index is -0.500. The average molecular weight is 409 g/mol. The van der Waals surface area contributed by atoms with Crippen LogP contribution in [0.4, 0.5) is 5.00 Å². The van der Waals surface area contributed by atoms with Gasteiger partial charge >= 0.3 is 5.97 Å². The largest absolute Gasteiger partial charge is 0.464 e. The number of carbonyl (C=O) groups excluding carboxylic acids is 2. The number of anilines is 1. The molecule has 0 saturated carbocycles. The van der Waals surface area contributed by atoms with Crippen LogP contribution in [0.2, 0.25) is 0 Å². The smallest absolute Gasteiger partial charge is 0.341 e. The number of aromatic nitrogens is 2. The van der Waals surface area contributed by atoms with Gasteiger partial charge in [-0.3, -0.25) is 4.79 Å². The van der Waals surface area contributed by atoms with Gasteiger partial charge in [-0.05, 0) is 38.1 Å². The molecule has 0 aliphatic carbocycles. The molecule has 0 unspecified atom stereocenters. The van der Waals surface area contributed by atoms with Crippen molar-refractivity contribution in [2.75, 3.05) is 11.9 Å². The normalized spacial score (nSPS) is 11.0. The number of imidazole rings is 1. The van der Waals surface area contributed by atoms with Gasteiger partial charge in [-0.1, -0.05) is 12.1 Å². The molecule has 0 aliphatic rings. The average Bonchev–Trinajstić information content (AvgIpc) is 3.42. The molecule has 1 N–H and O–H groups in total. The van der Waals surface area contributed by atoms with Crippen molar-refractivity contribution in [2.45, 2.75) is 20.4 Å². The predicted molar refractivity (Wildman–Crippen MR) is 111 cm³/mol. The first-order valence-electron chi connectivity index (χ1n) is 9.12. The number of nitrogens with zero attached hydrogens (tertiary/aromatic N) is 2. The van der Waals surface area contributed by atoms with E-state index in [0.29, 0.717) is 21.9 Å². The van der Waals surface area contributed by atoms with Crippen LogP contribution in [-0.4, -0.2) is 28.0 Å². The van der Waals surface area contributed by atoms with Gasteiger partial charge in [0.1, 0.15) is 28.7 Å². The van der Waals surface area contributed by atoms with Gasteiger partial charge in [0.25, 0.3) is 0 Å². The first kappa shape index (κ1) is 18.9. The highest BCUT2D eigenvalue weighted by atomic mass is 32.1. The highest BCUT2D eigenvalue weighted by molar-refractivity contribution is 7.15. The third-order valence-corrected chi connectivity index (χ3v) is 5.35. The van der Waals surface area contributed by atoms with Crippen LogP contribution in [0.25, 0.3) is 22.4 Å². The number of aryl methyl sites for hydroxylation is 1. The Labute approximate surface area is 170 Å². The van der Waals surface area contributed by atoms with Gasteiger partial charge in [-0.15, -0.1) is 11.3 Å². The molecular formula is C21H19N3O4S. The van der Waals surface area contributed by atoms with Crippen molar-refractivity contribution < 1.29 is 18.7 Å². The maximum atomic E-state index is 12.8. The molecule has 0 aliphatic heterocycles. The summed E-state index contributed by atoms with van der Waals surface area (Å²) in [4.78, 5) is 29.8. The second-order valence-corrected chi connectivity index (χ2v) is 7.21. The van der Waals surface area contributed by atoms with E-state index < -0.39 is 5.97 Å². The molecule has 4 rings (SSSR count). The second kappa shape index (κ2) is 7.92. The first-order chi connectivity index (χ1) is 14.1. The summed E-state index contributed by atoms with van der Waals surface area (Å²) in [6.07, 6.45) is 1.53. The van der Waals surface area contributed by atoms with E-state index in [1.54, 1.807) is 24.4 Å². The van der Waals surface area contributed by atoms with Gasteiger partial charge in [-0.25, -0.2) is 9.78 Å². The number of thiophene rings is 1. The first-order valence-corrected chi connectivity index (χ1v) is 10.0. The summed E-state index contributed by atoms with van der Waals surface area (Å²) in [5.41, 5.74) is 2.61. The summed E-state index contributed by atoms with van der Waals surface area (Å²) in [5.74, 6) is 0.532. The monoisotopic (exact) mass is 409 g/mol. The van der Waals surface area contributed by atoms with Crippen molar-refractivity contribution >= 4 is 39.2 Å². The van der Waals surface area contributed by atoms with Crippen LogP contribution < -0.4 is 5.32 Å². The van der Waals surface area contributed by atoms with E-state index in [-0.39, 0.29) is 19.1 Å². The van der Waals surface area contributed by atoms with Crippen LogP contribution in [0.5, 0.6) is 0 Å². The summed E-state index contributed by atoms with van der Waals surface area (Å²) in [5, 5.41) is 5.06. The lowest BCUT2D eigenvalue weighted by Crippen LogP contribution is -2.20. The molecule has 1 amide bonds. The summed E-state index contributed by atoms with van der Waals surface area (Å²) in [7, 11) is 0. The third-order valence-electron chi connectivity index (χ3n) is 4.46. The van der Waals surface area contributed by atoms with Gasteiger partial charge in [0.2, 0.25) is 5.91 Å². The third kappa shape index (κ3) is 3.66. The highest BCUT2D eigenvalue weighted by Crippen LogP contribution is 2.36. The van der Waals surface area contributed by atoms with Crippen LogP contribution >= 0.6 is 11.3 Å². The Kier molecular flexibility index (Phi) is 5.18. The summed E-state index contributed by atoms with van der Waals surface area (Å²) < 4.78 is 12.5. The van der Waals surface area contributed by atoms with Crippen molar-refractivity contribution in [1.82, 2.24) is 9.55 Å². The molecule has 0 fully saturated rings. The maximum absolute atomic E-state index is 12.8. The molecule has 0 spiro atoms. The van der Waals surface area contributed by atoms with Crippen LogP contribution in [0.1, 0.15) is 23.1 Å². The van der Waals surface area contributed by atoms with E-state index in [0.717, 1.165) is 16.9 Å². The number of para-hydroxylation sites is 2. The number of benzene rings is 1. The van der Waals surface area contributed by atoms with E-state index >= 15 is 0 Å². The van der Waals surface area contributed by atoms with E-state index in [9.17, 15) is 9.59 Å². The van der Waals surface area contributed by atoms with Crippen molar-refractivity contribution in [3.63, 3.8) is 0 Å². The lowest BCUT2D eigenvalue weighted by Gasteiger charge is -2.09. The topological polar surface area (TPSA) is 86.4 Å². The van der Waals surface area contributed by atoms with Gasteiger partial charge < -0.3 is 19.0 Å². The molecule has 0 atom stereocenters. The number of rotatable bonds is 6. The van der Waals surface area contributed by atoms with Crippen molar-refractivity contribution in [1.29, 1.82) is 0 Å². The fourth-order valence-corrected chi connectivity index (χ4v) is 4.13. The summed E-state index contributed by atoms with van der Waals surface area (Å²) in [6.45, 7) is 3.92. The van der Waals surface area contributed by atoms with Gasteiger partial charge in [0.15, 0.2) is 0 Å². The van der Waals surface area contributed by atoms with Gasteiger partial charge in [-0.2, -0.15) is 0 Å². The Morgan fingerprint density at radius 3 is 2.83 bits per heavy atom. The maximum Gasteiger partial charge on any atom is 0.341 e. The van der Waals surface area contributed by atoms with Gasteiger partial charge in [0.05, 0.1) is 23.9 Å². The second-order valence-electron chi connectivity index (χ2n) is 6.33. The van der Waals surface area contributed by atoms with E-state index in [1.807, 2.05) is 35.8 Å². The van der Waals surface area contributed by atoms with Gasteiger partial charge in [0, 0.05) is 10.9 Å². The van der Waals surface area contributed by atoms with Crippen molar-refractivity contribution in [3.05, 3.63) is 59.4 Å². The number of hydrogen-bond acceptors (Lipinski definition) is 6. The Hall–Kier alpha value is -3.39. The standard InChI is InChI=1S/C21H19N3O4S/c1-3-27-21(26)19-14(17-9-6-10-28-17)12-29-20(19)23-18(25)11-24-13(2)22-15-7-4-5-8-16(15)24/h4-10,12H,3,11H2,1-2H3,(H,23,25). The number of furan rings is 1. The minimum absolute atomic E-state index is 0.0859. The molecule has 7 nitrogen and oxygen atoms in total. The number of carbonyl (C=O) groups is 2. The van der Waals surface area contributed by atoms with E-state index in [4.69, 9.17) is 9.15 Å². The number of esters is 1.